The Bertz CT molecular complexity index is 650. The monoisotopic (exact) mass is 349 g/mol. The molecule has 0 atom stereocenters. The van der Waals surface area contributed by atoms with Crippen LogP contribution in [0.25, 0.3) is 0 Å². The predicted molar refractivity (Wildman–Crippen MR) is 87.4 cm³/mol. The number of anilines is 1. The van der Waals surface area contributed by atoms with E-state index in [0.717, 1.165) is 15.7 Å². The van der Waals surface area contributed by atoms with Crippen molar-refractivity contribution in [3.05, 3.63) is 75.4 Å². The Labute approximate surface area is 131 Å². The van der Waals surface area contributed by atoms with Gasteiger partial charge in [-0.15, -0.1) is 0 Å². The Hall–Kier alpha value is -1.58. The molecule has 0 heterocycles. The third-order valence-corrected chi connectivity index (χ3v) is 3.55. The second-order valence-corrected chi connectivity index (χ2v) is 5.65. The number of aryl methyl sites for hydroxylation is 1. The minimum atomic E-state index is -0.0502. The molecule has 0 aromatic heterocycles. The molecule has 0 fully saturated rings. The molecule has 2 aromatic carbocycles. The molecule has 0 amide bonds. The summed E-state index contributed by atoms with van der Waals surface area (Å²) in [5.74, 6) is -0.0502. The van der Waals surface area contributed by atoms with Gasteiger partial charge in [0, 0.05) is 22.3 Å². The van der Waals surface area contributed by atoms with E-state index in [9.17, 15) is 4.79 Å². The van der Waals surface area contributed by atoms with E-state index in [1.54, 1.807) is 12.3 Å². The van der Waals surface area contributed by atoms with Crippen molar-refractivity contribution in [2.75, 3.05) is 5.32 Å². The summed E-state index contributed by atoms with van der Waals surface area (Å²) in [6, 6.07) is 13.0. The predicted octanol–water partition coefficient (Wildman–Crippen LogP) is 5.22. The number of hydrogen-bond donors (Lipinski definition) is 1. The molecule has 0 aliphatic rings. The zero-order valence-corrected chi connectivity index (χ0v) is 13.2. The number of allylic oxidation sites excluding steroid dienone is 1. The first-order chi connectivity index (χ1) is 9.56. The average Bonchev–Trinajstić information content (AvgIpc) is 2.42. The summed E-state index contributed by atoms with van der Waals surface area (Å²) in [7, 11) is 0. The van der Waals surface area contributed by atoms with E-state index in [1.165, 1.54) is 6.08 Å². The first-order valence-corrected chi connectivity index (χ1v) is 7.22. The average molecular weight is 351 g/mol. The summed E-state index contributed by atoms with van der Waals surface area (Å²) in [4.78, 5) is 11.9. The standard InChI is InChI=1S/C16H13BrClNO/c1-11-2-4-12(5-3-11)16(20)8-9-19-15-7-6-13(17)10-14(15)18/h2-10,19H,1H3. The van der Waals surface area contributed by atoms with Crippen molar-refractivity contribution in [2.24, 2.45) is 0 Å². The molecule has 20 heavy (non-hydrogen) atoms. The Morgan fingerprint density at radius 1 is 1.20 bits per heavy atom. The van der Waals surface area contributed by atoms with Crippen LogP contribution in [0.2, 0.25) is 5.02 Å². The molecule has 1 N–H and O–H groups in total. The van der Waals surface area contributed by atoms with Crippen molar-refractivity contribution in [3.8, 4) is 0 Å². The van der Waals surface area contributed by atoms with Crippen LogP contribution in [0, 0.1) is 6.92 Å². The van der Waals surface area contributed by atoms with Crippen LogP contribution in [-0.4, -0.2) is 5.78 Å². The number of rotatable bonds is 4. The Kier molecular flexibility index (Phi) is 4.99. The molecule has 0 radical (unpaired) electrons. The molecule has 102 valence electrons. The molecule has 4 heteroatoms. The van der Waals surface area contributed by atoms with Gasteiger partial charge in [0.2, 0.25) is 0 Å². The lowest BCUT2D eigenvalue weighted by molar-refractivity contribution is 0.104. The highest BCUT2D eigenvalue weighted by Crippen LogP contribution is 2.25. The summed E-state index contributed by atoms with van der Waals surface area (Å²) < 4.78 is 0.910. The molecular weight excluding hydrogens is 338 g/mol. The van der Waals surface area contributed by atoms with Crippen molar-refractivity contribution in [1.29, 1.82) is 0 Å². The lowest BCUT2D eigenvalue weighted by atomic mass is 10.1. The van der Waals surface area contributed by atoms with E-state index >= 15 is 0 Å². The topological polar surface area (TPSA) is 29.1 Å². The van der Waals surface area contributed by atoms with Crippen LogP contribution < -0.4 is 5.32 Å². The number of ketones is 1. The maximum Gasteiger partial charge on any atom is 0.187 e. The van der Waals surface area contributed by atoms with Gasteiger partial charge in [0.1, 0.15) is 0 Å². The van der Waals surface area contributed by atoms with Gasteiger partial charge in [0.05, 0.1) is 10.7 Å². The second-order valence-electron chi connectivity index (χ2n) is 4.33. The number of carbonyl (C=O) groups is 1. The molecule has 2 nitrogen and oxygen atoms in total. The maximum atomic E-state index is 11.9. The van der Waals surface area contributed by atoms with Gasteiger partial charge in [-0.25, -0.2) is 0 Å². The Morgan fingerprint density at radius 3 is 2.55 bits per heavy atom. The van der Waals surface area contributed by atoms with Crippen LogP contribution in [0.4, 0.5) is 5.69 Å². The summed E-state index contributed by atoms with van der Waals surface area (Å²) in [5.41, 5.74) is 2.55. The molecule has 0 saturated carbocycles. The highest BCUT2D eigenvalue weighted by molar-refractivity contribution is 9.10. The Balaban J connectivity index is 2.02. The highest BCUT2D eigenvalue weighted by atomic mass is 79.9. The SMILES string of the molecule is Cc1ccc(C(=O)C=CNc2ccc(Br)cc2Cl)cc1. The van der Waals surface area contributed by atoms with E-state index in [2.05, 4.69) is 21.2 Å². The number of carbonyl (C=O) groups excluding carboxylic acids is 1. The normalized spacial score (nSPS) is 10.8. The zero-order valence-electron chi connectivity index (χ0n) is 10.9. The molecule has 2 aromatic rings. The highest BCUT2D eigenvalue weighted by Gasteiger charge is 2.01. The number of halogens is 2. The van der Waals surface area contributed by atoms with E-state index in [-0.39, 0.29) is 5.78 Å². The molecule has 0 aliphatic heterocycles. The second kappa shape index (κ2) is 6.73. The van der Waals surface area contributed by atoms with Gasteiger partial charge < -0.3 is 5.32 Å². The summed E-state index contributed by atoms with van der Waals surface area (Å²) >= 11 is 9.41. The van der Waals surface area contributed by atoms with Gasteiger partial charge in [0.15, 0.2) is 5.78 Å². The van der Waals surface area contributed by atoms with E-state index in [4.69, 9.17) is 11.6 Å². The van der Waals surface area contributed by atoms with Crippen molar-refractivity contribution < 1.29 is 4.79 Å². The van der Waals surface area contributed by atoms with Gasteiger partial charge >= 0.3 is 0 Å². The smallest absolute Gasteiger partial charge is 0.187 e. The first-order valence-electron chi connectivity index (χ1n) is 6.05. The minimum absolute atomic E-state index is 0.0502. The fraction of sp³-hybridized carbons (Fsp3) is 0.0625. The van der Waals surface area contributed by atoms with Gasteiger partial charge in [0.25, 0.3) is 0 Å². The molecular formula is C16H13BrClNO. The van der Waals surface area contributed by atoms with Crippen LogP contribution >= 0.6 is 27.5 Å². The van der Waals surface area contributed by atoms with E-state index in [1.807, 2.05) is 43.3 Å². The largest absolute Gasteiger partial charge is 0.360 e. The molecule has 0 unspecified atom stereocenters. The van der Waals surface area contributed by atoms with Crippen LogP contribution in [0.3, 0.4) is 0 Å². The number of nitrogens with one attached hydrogen (secondary N) is 1. The fourth-order valence-electron chi connectivity index (χ4n) is 1.63. The minimum Gasteiger partial charge on any atom is -0.360 e. The molecule has 0 aliphatic carbocycles. The van der Waals surface area contributed by atoms with E-state index < -0.39 is 0 Å². The third-order valence-electron chi connectivity index (χ3n) is 2.74. The van der Waals surface area contributed by atoms with E-state index in [0.29, 0.717) is 10.6 Å². The summed E-state index contributed by atoms with van der Waals surface area (Å²) in [5, 5.41) is 3.59. The van der Waals surface area contributed by atoms with Crippen molar-refractivity contribution in [2.45, 2.75) is 6.92 Å². The molecule has 2 rings (SSSR count). The van der Waals surface area contributed by atoms with Gasteiger partial charge in [-0.3, -0.25) is 4.79 Å². The Morgan fingerprint density at radius 2 is 1.90 bits per heavy atom. The lowest BCUT2D eigenvalue weighted by Crippen LogP contribution is -1.96. The fourth-order valence-corrected chi connectivity index (χ4v) is 2.36. The van der Waals surface area contributed by atoms with Crippen LogP contribution in [0.15, 0.2) is 59.2 Å². The quantitative estimate of drug-likeness (QED) is 0.605. The van der Waals surface area contributed by atoms with Crippen molar-refractivity contribution in [1.82, 2.24) is 0 Å². The lowest BCUT2D eigenvalue weighted by Gasteiger charge is -2.03. The molecule has 0 spiro atoms. The summed E-state index contributed by atoms with van der Waals surface area (Å²) in [6.45, 7) is 1.99. The van der Waals surface area contributed by atoms with Crippen LogP contribution in [0.5, 0.6) is 0 Å². The zero-order chi connectivity index (χ0) is 14.5. The van der Waals surface area contributed by atoms with Crippen LogP contribution in [-0.2, 0) is 0 Å². The summed E-state index contributed by atoms with van der Waals surface area (Å²) in [6.07, 6.45) is 3.08. The van der Waals surface area contributed by atoms with Gasteiger partial charge in [-0.2, -0.15) is 0 Å². The number of hydrogen-bond acceptors (Lipinski definition) is 2. The van der Waals surface area contributed by atoms with Gasteiger partial charge in [-0.05, 0) is 25.1 Å². The molecule has 0 saturated heterocycles. The molecule has 0 bridgehead atoms. The van der Waals surface area contributed by atoms with Gasteiger partial charge in [-0.1, -0.05) is 57.4 Å². The van der Waals surface area contributed by atoms with Crippen LogP contribution in [0.1, 0.15) is 15.9 Å². The first kappa shape index (κ1) is 14.8. The van der Waals surface area contributed by atoms with Crippen molar-refractivity contribution >= 4 is 39.0 Å². The third kappa shape index (κ3) is 3.95. The number of benzene rings is 2. The van der Waals surface area contributed by atoms with Crippen molar-refractivity contribution in [3.63, 3.8) is 0 Å². The maximum absolute atomic E-state index is 11.9.